The molecule has 22 heavy (non-hydrogen) atoms. The van der Waals surface area contributed by atoms with E-state index in [4.69, 9.17) is 0 Å². The number of aryl methyl sites for hydroxylation is 1. The lowest BCUT2D eigenvalue weighted by molar-refractivity contribution is 0.381. The molecule has 0 saturated carbocycles. The van der Waals surface area contributed by atoms with Gasteiger partial charge in [-0.1, -0.05) is 5.16 Å². The molecule has 3 rings (SSSR count). The fourth-order valence-electron chi connectivity index (χ4n) is 2.54. The number of hydrogen-bond donors (Lipinski definition) is 0. The van der Waals surface area contributed by atoms with Crippen LogP contribution >= 0.6 is 0 Å². The average molecular weight is 322 g/mol. The molecule has 1 fully saturated rings. The van der Waals surface area contributed by atoms with Crippen LogP contribution in [0.4, 0.5) is 5.69 Å². The summed E-state index contributed by atoms with van der Waals surface area (Å²) in [4.78, 5) is 6.36. The van der Waals surface area contributed by atoms with Crippen LogP contribution in [0.15, 0.2) is 35.2 Å². The topological polar surface area (TPSA) is 79.5 Å². The molecule has 1 aliphatic rings. The fraction of sp³-hybridized carbons (Fsp3) is 0.429. The van der Waals surface area contributed by atoms with Gasteiger partial charge in [-0.25, -0.2) is 8.42 Å². The minimum absolute atomic E-state index is 0.113. The van der Waals surface area contributed by atoms with E-state index < -0.39 is 10.0 Å². The van der Waals surface area contributed by atoms with Crippen LogP contribution in [0.5, 0.6) is 0 Å². The van der Waals surface area contributed by atoms with E-state index in [0.717, 1.165) is 11.4 Å². The first kappa shape index (κ1) is 15.0. The van der Waals surface area contributed by atoms with Crippen LogP contribution < -0.4 is 4.90 Å². The lowest BCUT2D eigenvalue weighted by atomic mass is 10.2. The summed E-state index contributed by atoms with van der Waals surface area (Å²) in [5.41, 5.74) is 2.48. The summed E-state index contributed by atoms with van der Waals surface area (Å²) in [6.45, 7) is 4.23. The molecule has 0 bridgehead atoms. The molecule has 0 radical (unpaired) electrons. The number of piperazine rings is 1. The van der Waals surface area contributed by atoms with Crippen LogP contribution in [0.2, 0.25) is 0 Å². The lowest BCUT2D eigenvalue weighted by Crippen LogP contribution is -2.49. The molecule has 2 aromatic rings. The van der Waals surface area contributed by atoms with Gasteiger partial charge in [-0.15, -0.1) is 0 Å². The third-order valence-electron chi connectivity index (χ3n) is 3.70. The Kier molecular flexibility index (Phi) is 4.12. The van der Waals surface area contributed by atoms with Gasteiger partial charge >= 0.3 is 0 Å². The standard InChI is InChI=1S/C14H18N4O3S/c1-12-10-14(2-4-15-12)17-5-7-18(8-6-17)22(19,20)11-13-3-9-21-16-13/h2-4,9-10H,5-8,11H2,1H3. The zero-order valence-corrected chi connectivity index (χ0v) is 13.2. The van der Waals surface area contributed by atoms with Crippen molar-refractivity contribution < 1.29 is 12.9 Å². The number of hydrogen-bond acceptors (Lipinski definition) is 6. The lowest BCUT2D eigenvalue weighted by Gasteiger charge is -2.35. The molecule has 0 atom stereocenters. The van der Waals surface area contributed by atoms with E-state index in [1.54, 1.807) is 12.3 Å². The van der Waals surface area contributed by atoms with Crippen molar-refractivity contribution in [1.29, 1.82) is 0 Å². The highest BCUT2D eigenvalue weighted by atomic mass is 32.2. The number of pyridine rings is 1. The summed E-state index contributed by atoms with van der Waals surface area (Å²) < 4.78 is 30.9. The van der Waals surface area contributed by atoms with Crippen LogP contribution in [0.3, 0.4) is 0 Å². The monoisotopic (exact) mass is 322 g/mol. The van der Waals surface area contributed by atoms with Crippen LogP contribution in [-0.2, 0) is 15.8 Å². The van der Waals surface area contributed by atoms with E-state index in [9.17, 15) is 8.42 Å². The Bertz CT molecular complexity index is 722. The van der Waals surface area contributed by atoms with E-state index in [1.165, 1.54) is 10.6 Å². The Hall–Kier alpha value is -1.93. The molecular weight excluding hydrogens is 304 g/mol. The van der Waals surface area contributed by atoms with Gasteiger partial charge in [0.1, 0.15) is 12.0 Å². The maximum atomic E-state index is 12.4. The molecule has 7 nitrogen and oxygen atoms in total. The van der Waals surface area contributed by atoms with Crippen molar-refractivity contribution in [3.05, 3.63) is 42.0 Å². The fourth-order valence-corrected chi connectivity index (χ4v) is 3.97. The van der Waals surface area contributed by atoms with E-state index in [-0.39, 0.29) is 5.75 Å². The summed E-state index contributed by atoms with van der Waals surface area (Å²) in [6.07, 6.45) is 3.16. The second-order valence-corrected chi connectivity index (χ2v) is 7.26. The van der Waals surface area contributed by atoms with Crippen molar-refractivity contribution in [3.63, 3.8) is 0 Å². The number of rotatable bonds is 4. The predicted octanol–water partition coefficient (Wildman–Crippen LogP) is 1.03. The van der Waals surface area contributed by atoms with Crippen molar-refractivity contribution in [2.45, 2.75) is 12.7 Å². The van der Waals surface area contributed by atoms with Crippen molar-refractivity contribution >= 4 is 15.7 Å². The molecule has 1 saturated heterocycles. The Morgan fingerprint density at radius 1 is 1.23 bits per heavy atom. The molecular formula is C14H18N4O3S. The van der Waals surface area contributed by atoms with Gasteiger partial charge in [-0.05, 0) is 19.1 Å². The molecule has 0 aliphatic carbocycles. The van der Waals surface area contributed by atoms with Gasteiger partial charge < -0.3 is 9.42 Å². The van der Waals surface area contributed by atoms with Crippen molar-refractivity contribution in [1.82, 2.24) is 14.4 Å². The van der Waals surface area contributed by atoms with Gasteiger partial charge in [-0.2, -0.15) is 4.31 Å². The molecule has 0 amide bonds. The van der Waals surface area contributed by atoms with Crippen LogP contribution in [0.1, 0.15) is 11.4 Å². The van der Waals surface area contributed by atoms with E-state index in [1.807, 2.05) is 19.1 Å². The number of anilines is 1. The maximum absolute atomic E-state index is 12.4. The second kappa shape index (κ2) is 6.05. The van der Waals surface area contributed by atoms with Crippen LogP contribution in [0, 0.1) is 6.92 Å². The Morgan fingerprint density at radius 2 is 2.00 bits per heavy atom. The summed E-state index contributed by atoms with van der Waals surface area (Å²) in [7, 11) is -3.35. The van der Waals surface area contributed by atoms with E-state index in [0.29, 0.717) is 31.9 Å². The zero-order chi connectivity index (χ0) is 15.6. The predicted molar refractivity (Wildman–Crippen MR) is 81.9 cm³/mol. The molecule has 3 heterocycles. The smallest absolute Gasteiger partial charge is 0.220 e. The Balaban J connectivity index is 1.64. The van der Waals surface area contributed by atoms with E-state index >= 15 is 0 Å². The summed E-state index contributed by atoms with van der Waals surface area (Å²) in [5.74, 6) is -0.113. The first-order valence-corrected chi connectivity index (χ1v) is 8.70. The van der Waals surface area contributed by atoms with Crippen molar-refractivity contribution in [3.8, 4) is 0 Å². The van der Waals surface area contributed by atoms with Gasteiger partial charge in [0.05, 0.1) is 5.69 Å². The zero-order valence-electron chi connectivity index (χ0n) is 12.3. The molecule has 0 spiro atoms. The molecule has 0 aromatic carbocycles. The molecule has 0 N–H and O–H groups in total. The van der Waals surface area contributed by atoms with Gasteiger partial charge in [-0.3, -0.25) is 4.98 Å². The molecule has 118 valence electrons. The Morgan fingerprint density at radius 3 is 2.64 bits per heavy atom. The van der Waals surface area contributed by atoms with Gasteiger partial charge in [0.15, 0.2) is 0 Å². The molecule has 8 heteroatoms. The first-order valence-electron chi connectivity index (χ1n) is 7.09. The molecule has 1 aliphatic heterocycles. The highest BCUT2D eigenvalue weighted by Gasteiger charge is 2.28. The Labute approximate surface area is 129 Å². The van der Waals surface area contributed by atoms with Gasteiger partial charge in [0, 0.05) is 49.8 Å². The van der Waals surface area contributed by atoms with Crippen LogP contribution in [-0.4, -0.2) is 49.0 Å². The SMILES string of the molecule is Cc1cc(N2CCN(S(=O)(=O)Cc3ccon3)CC2)ccn1. The maximum Gasteiger partial charge on any atom is 0.220 e. The summed E-state index contributed by atoms with van der Waals surface area (Å²) >= 11 is 0. The highest BCUT2D eigenvalue weighted by Crippen LogP contribution is 2.19. The summed E-state index contributed by atoms with van der Waals surface area (Å²) in [6, 6.07) is 5.54. The molecule has 2 aromatic heterocycles. The van der Waals surface area contributed by atoms with Gasteiger partial charge in [0.25, 0.3) is 0 Å². The van der Waals surface area contributed by atoms with Gasteiger partial charge in [0.2, 0.25) is 10.0 Å². The van der Waals surface area contributed by atoms with Crippen LogP contribution in [0.25, 0.3) is 0 Å². The largest absolute Gasteiger partial charge is 0.369 e. The van der Waals surface area contributed by atoms with Crippen molar-refractivity contribution in [2.75, 3.05) is 31.1 Å². The highest BCUT2D eigenvalue weighted by molar-refractivity contribution is 7.88. The number of aromatic nitrogens is 2. The quantitative estimate of drug-likeness (QED) is 0.836. The van der Waals surface area contributed by atoms with E-state index in [2.05, 4.69) is 19.6 Å². The third kappa shape index (κ3) is 3.28. The molecule has 0 unspecified atom stereocenters. The minimum Gasteiger partial charge on any atom is -0.369 e. The number of nitrogens with zero attached hydrogens (tertiary/aromatic N) is 4. The third-order valence-corrected chi connectivity index (χ3v) is 5.51. The number of sulfonamides is 1. The first-order chi connectivity index (χ1) is 10.5. The van der Waals surface area contributed by atoms with Crippen molar-refractivity contribution in [2.24, 2.45) is 0 Å². The minimum atomic E-state index is -3.35. The summed E-state index contributed by atoms with van der Waals surface area (Å²) in [5, 5.41) is 3.67. The normalized spacial score (nSPS) is 16.9. The second-order valence-electron chi connectivity index (χ2n) is 5.29. The average Bonchev–Trinajstić information content (AvgIpc) is 2.99.